The molecule has 5 aromatic carbocycles. The highest BCUT2D eigenvalue weighted by molar-refractivity contribution is 7.86. The number of rotatable bonds is 8. The van der Waals surface area contributed by atoms with Gasteiger partial charge in [0.15, 0.2) is 0 Å². The summed E-state index contributed by atoms with van der Waals surface area (Å²) in [4.78, 5) is -1.13. The maximum Gasteiger partial charge on any atom is 0.294 e. The van der Waals surface area contributed by atoms with Gasteiger partial charge < -0.3 is 16.6 Å². The zero-order valence-corrected chi connectivity index (χ0v) is 24.0. The molecular formula is C26H21N5O9S3. The molecule has 0 radical (unpaired) electrons. The largest absolute Gasteiger partial charge is 0.398 e. The highest BCUT2D eigenvalue weighted by Gasteiger charge is 2.16. The number of nitrogen functional groups attached to an aromatic ring is 1. The monoisotopic (exact) mass is 643 g/mol. The smallest absolute Gasteiger partial charge is 0.294 e. The molecule has 0 atom stereocenters. The van der Waals surface area contributed by atoms with Gasteiger partial charge in [0.2, 0.25) is 0 Å². The Hall–Kier alpha value is -4.65. The second-order valence-electron chi connectivity index (χ2n) is 9.12. The number of anilines is 3. The number of hydrogen-bond donors (Lipinski definition) is 6. The third kappa shape index (κ3) is 6.41. The number of azo groups is 1. The van der Waals surface area contributed by atoms with E-state index in [0.29, 0.717) is 22.1 Å². The fourth-order valence-electron chi connectivity index (χ4n) is 4.23. The van der Waals surface area contributed by atoms with Crippen LogP contribution in [0.2, 0.25) is 0 Å². The Balaban J connectivity index is 1.59. The first-order chi connectivity index (χ1) is 20.1. The minimum atomic E-state index is -4.60. The van der Waals surface area contributed by atoms with E-state index < -0.39 is 35.2 Å². The van der Waals surface area contributed by atoms with Gasteiger partial charge in [-0.1, -0.05) is 18.2 Å². The average Bonchev–Trinajstić information content (AvgIpc) is 2.94. The fraction of sp³-hybridized carbons (Fsp3) is 0. The summed E-state index contributed by atoms with van der Waals surface area (Å²) in [5, 5.41) is 9.85. The normalized spacial score (nSPS) is 12.6. The van der Waals surface area contributed by atoms with Crippen molar-refractivity contribution in [3.05, 3.63) is 84.9 Å². The van der Waals surface area contributed by atoms with Gasteiger partial charge in [-0.2, -0.15) is 25.3 Å². The topological polar surface area (TPSA) is 238 Å². The highest BCUT2D eigenvalue weighted by atomic mass is 32.2. The number of hydrazine groups is 1. The molecule has 14 nitrogen and oxygen atoms in total. The molecule has 43 heavy (non-hydrogen) atoms. The number of nitrogens with zero attached hydrogens (tertiary/aromatic N) is 2. The molecule has 0 unspecified atom stereocenters. The first kappa shape index (κ1) is 29.8. The average molecular weight is 644 g/mol. The molecule has 5 rings (SSSR count). The molecule has 0 bridgehead atoms. The van der Waals surface area contributed by atoms with Gasteiger partial charge in [0.1, 0.15) is 0 Å². The lowest BCUT2D eigenvalue weighted by Crippen LogP contribution is -2.10. The summed E-state index contributed by atoms with van der Waals surface area (Å²) in [5.74, 6) is 0. The van der Waals surface area contributed by atoms with Gasteiger partial charge in [0.05, 0.1) is 37.4 Å². The Morgan fingerprint density at radius 2 is 1.05 bits per heavy atom. The van der Waals surface area contributed by atoms with Gasteiger partial charge in [-0.3, -0.25) is 13.7 Å². The molecule has 17 heteroatoms. The van der Waals surface area contributed by atoms with E-state index in [9.17, 15) is 38.9 Å². The SMILES string of the molecule is Nc1ccc(N=Nc2ccc(NNc3cccc(S(=O)(=O)O)c3)c3ccc(S(=O)(=O)O)cc23)c2cc(S(=O)(=O)O)ccc12. The van der Waals surface area contributed by atoms with E-state index in [0.717, 1.165) is 0 Å². The summed E-state index contributed by atoms with van der Waals surface area (Å²) < 4.78 is 98.6. The molecule has 0 aliphatic rings. The summed E-state index contributed by atoms with van der Waals surface area (Å²) in [7, 11) is -13.6. The second-order valence-corrected chi connectivity index (χ2v) is 13.4. The van der Waals surface area contributed by atoms with E-state index in [1.807, 2.05) is 0 Å². The van der Waals surface area contributed by atoms with E-state index >= 15 is 0 Å². The first-order valence-electron chi connectivity index (χ1n) is 12.0. The van der Waals surface area contributed by atoms with E-state index in [-0.39, 0.29) is 37.6 Å². The number of fused-ring (bicyclic) bond motifs is 2. The highest BCUT2D eigenvalue weighted by Crippen LogP contribution is 2.37. The Morgan fingerprint density at radius 3 is 1.63 bits per heavy atom. The van der Waals surface area contributed by atoms with Crippen LogP contribution in [0.15, 0.2) is 110 Å². The third-order valence-corrected chi connectivity index (χ3v) is 8.85. The first-order valence-corrected chi connectivity index (χ1v) is 16.3. The zero-order valence-electron chi connectivity index (χ0n) is 21.6. The van der Waals surface area contributed by atoms with Gasteiger partial charge in [-0.25, -0.2) is 0 Å². The molecule has 0 spiro atoms. The lowest BCUT2D eigenvalue weighted by molar-refractivity contribution is 0.481. The second kappa shape index (κ2) is 10.9. The molecule has 0 saturated heterocycles. The van der Waals surface area contributed by atoms with Crippen molar-refractivity contribution in [2.24, 2.45) is 10.2 Å². The van der Waals surface area contributed by atoms with Crippen molar-refractivity contribution in [2.45, 2.75) is 14.7 Å². The van der Waals surface area contributed by atoms with Crippen LogP contribution in [0.5, 0.6) is 0 Å². The molecule has 0 fully saturated rings. The van der Waals surface area contributed by atoms with E-state index in [4.69, 9.17) is 5.73 Å². The third-order valence-electron chi connectivity index (χ3n) is 6.30. The lowest BCUT2D eigenvalue weighted by atomic mass is 10.1. The summed E-state index contributed by atoms with van der Waals surface area (Å²) in [5.41, 5.74) is 13.1. The molecular weight excluding hydrogens is 623 g/mol. The molecule has 7 N–H and O–H groups in total. The Labute approximate surface area is 245 Å². The van der Waals surface area contributed by atoms with Crippen molar-refractivity contribution in [3.8, 4) is 0 Å². The summed E-state index contributed by atoms with van der Waals surface area (Å²) in [6.45, 7) is 0. The maximum atomic E-state index is 11.9. The molecule has 0 amide bonds. The molecule has 0 aliphatic heterocycles. The van der Waals surface area contributed by atoms with Gasteiger partial charge in [-0.15, -0.1) is 10.2 Å². The number of nitrogens with two attached hydrogens (primary N) is 1. The zero-order chi connectivity index (χ0) is 31.2. The van der Waals surface area contributed by atoms with Crippen LogP contribution < -0.4 is 16.6 Å². The minimum Gasteiger partial charge on any atom is -0.398 e. The quantitative estimate of drug-likeness (QED) is 0.0556. The molecule has 0 aromatic heterocycles. The van der Waals surface area contributed by atoms with E-state index in [2.05, 4.69) is 21.1 Å². The van der Waals surface area contributed by atoms with Gasteiger partial charge in [-0.05, 0) is 66.7 Å². The lowest BCUT2D eigenvalue weighted by Gasteiger charge is -2.14. The summed E-state index contributed by atoms with van der Waals surface area (Å²) in [6.07, 6.45) is 0. The molecule has 0 saturated carbocycles. The van der Waals surface area contributed by atoms with Crippen LogP contribution in [0.3, 0.4) is 0 Å². The predicted octanol–water partition coefficient (Wildman–Crippen LogP) is 5.17. The molecule has 0 heterocycles. The maximum absolute atomic E-state index is 11.9. The van der Waals surface area contributed by atoms with Crippen LogP contribution in [0.1, 0.15) is 0 Å². The molecule has 0 aliphatic carbocycles. The molecule has 222 valence electrons. The van der Waals surface area contributed by atoms with Crippen molar-refractivity contribution in [1.82, 2.24) is 0 Å². The van der Waals surface area contributed by atoms with Crippen molar-refractivity contribution in [2.75, 3.05) is 16.6 Å². The van der Waals surface area contributed by atoms with Crippen LogP contribution in [-0.4, -0.2) is 38.9 Å². The van der Waals surface area contributed by atoms with E-state index in [1.165, 1.54) is 78.9 Å². The van der Waals surface area contributed by atoms with Crippen LogP contribution in [0.25, 0.3) is 21.5 Å². The standard InChI is InChI=1S/C26H21N5O9S3/c27-23-8-9-25(21-13-17(42(35,36)37)4-6-19(21)23)30-31-26-11-10-24(20-7-5-18(14-22(20)26)43(38,39)40)29-28-15-2-1-3-16(12-15)41(32,33)34/h1-14,28-29H,27H2,(H,32,33,34)(H,35,36,37)(H,38,39,40). The number of nitrogens with one attached hydrogen (secondary N) is 2. The molecule has 5 aromatic rings. The number of benzene rings is 5. The number of hydrogen-bond acceptors (Lipinski definition) is 11. The van der Waals surface area contributed by atoms with Crippen LogP contribution in [0, 0.1) is 0 Å². The van der Waals surface area contributed by atoms with Crippen molar-refractivity contribution < 1.29 is 38.9 Å². The van der Waals surface area contributed by atoms with E-state index in [1.54, 1.807) is 6.07 Å². The Bertz CT molecular complexity index is 2290. The van der Waals surface area contributed by atoms with Crippen LogP contribution in [-0.2, 0) is 30.4 Å². The fourth-order valence-corrected chi connectivity index (χ4v) is 5.77. The van der Waals surface area contributed by atoms with Crippen molar-refractivity contribution in [1.29, 1.82) is 0 Å². The van der Waals surface area contributed by atoms with Crippen molar-refractivity contribution >= 4 is 80.3 Å². The Kier molecular flexibility index (Phi) is 7.55. The van der Waals surface area contributed by atoms with Crippen LogP contribution in [0.4, 0.5) is 28.4 Å². The Morgan fingerprint density at radius 1 is 0.535 bits per heavy atom. The predicted molar refractivity (Wildman–Crippen MR) is 160 cm³/mol. The minimum absolute atomic E-state index is 0.162. The summed E-state index contributed by atoms with van der Waals surface area (Å²) in [6, 6.07) is 19.0. The summed E-state index contributed by atoms with van der Waals surface area (Å²) >= 11 is 0. The van der Waals surface area contributed by atoms with Gasteiger partial charge >= 0.3 is 0 Å². The van der Waals surface area contributed by atoms with Gasteiger partial charge in [0, 0.05) is 27.2 Å². The van der Waals surface area contributed by atoms with Gasteiger partial charge in [0.25, 0.3) is 30.4 Å². The van der Waals surface area contributed by atoms with Crippen molar-refractivity contribution in [3.63, 3.8) is 0 Å². The van der Waals surface area contributed by atoms with Crippen LogP contribution >= 0.6 is 0 Å².